The number of methoxy groups -OCH3 is 1. The summed E-state index contributed by atoms with van der Waals surface area (Å²) < 4.78 is 40.5. The van der Waals surface area contributed by atoms with Crippen molar-refractivity contribution in [1.29, 1.82) is 0 Å². The maximum absolute atomic E-state index is 14.3. The Morgan fingerprint density at radius 3 is 2.74 bits per heavy atom. The minimum Gasteiger partial charge on any atom is -0.496 e. The Labute approximate surface area is 153 Å². The first-order chi connectivity index (χ1) is 12.9. The van der Waals surface area contributed by atoms with Crippen molar-refractivity contribution < 1.29 is 23.4 Å². The molecule has 4 rings (SSSR count). The zero-order valence-electron chi connectivity index (χ0n) is 14.6. The highest BCUT2D eigenvalue weighted by molar-refractivity contribution is 5.66. The summed E-state index contributed by atoms with van der Waals surface area (Å²) in [4.78, 5) is 7.63. The third-order valence-corrected chi connectivity index (χ3v) is 4.88. The third kappa shape index (κ3) is 2.88. The largest absolute Gasteiger partial charge is 0.496 e. The predicted octanol–water partition coefficient (Wildman–Crippen LogP) is 2.26. The van der Waals surface area contributed by atoms with Gasteiger partial charge >= 0.3 is 0 Å². The summed E-state index contributed by atoms with van der Waals surface area (Å²) in [6.07, 6.45) is 3.83. The molecule has 0 amide bonds. The van der Waals surface area contributed by atoms with Crippen LogP contribution in [0, 0.1) is 11.8 Å². The van der Waals surface area contributed by atoms with Gasteiger partial charge in [-0.05, 0) is 6.07 Å². The molecular formula is C18H18F2N4O3. The average Bonchev–Trinajstić information content (AvgIpc) is 3.07. The molecule has 1 aliphatic heterocycles. The van der Waals surface area contributed by atoms with E-state index in [-0.39, 0.29) is 11.3 Å². The monoisotopic (exact) mass is 376 g/mol. The molecule has 142 valence electrons. The minimum atomic E-state index is -1.15. The number of nitrogen functional groups attached to an aromatic ring is 1. The Morgan fingerprint density at radius 2 is 2.04 bits per heavy atom. The fraction of sp³-hybridized carbons (Fsp3) is 0.333. The highest BCUT2D eigenvalue weighted by atomic mass is 19.1. The third-order valence-electron chi connectivity index (χ3n) is 4.88. The highest BCUT2D eigenvalue weighted by Crippen LogP contribution is 2.39. The van der Waals surface area contributed by atoms with Crippen molar-refractivity contribution in [1.82, 2.24) is 14.4 Å². The number of halogens is 2. The Morgan fingerprint density at radius 1 is 1.30 bits per heavy atom. The molecule has 1 aliphatic rings. The van der Waals surface area contributed by atoms with Crippen LogP contribution < -0.4 is 10.5 Å². The summed E-state index contributed by atoms with van der Waals surface area (Å²) in [7, 11) is 1.50. The second-order valence-electron chi connectivity index (χ2n) is 6.46. The van der Waals surface area contributed by atoms with E-state index in [1.165, 1.54) is 13.3 Å². The Bertz CT molecular complexity index is 1020. The first kappa shape index (κ1) is 17.6. The van der Waals surface area contributed by atoms with Crippen LogP contribution >= 0.6 is 0 Å². The van der Waals surface area contributed by atoms with Crippen LogP contribution in [0.1, 0.15) is 18.4 Å². The number of aromatic nitrogens is 3. The fourth-order valence-electron chi connectivity index (χ4n) is 3.36. The lowest BCUT2D eigenvalue weighted by molar-refractivity contribution is -0.0691. The van der Waals surface area contributed by atoms with Gasteiger partial charge in [0.2, 0.25) is 5.95 Å². The van der Waals surface area contributed by atoms with E-state index in [2.05, 4.69) is 9.97 Å². The molecule has 0 unspecified atom stereocenters. The van der Waals surface area contributed by atoms with Gasteiger partial charge in [-0.2, -0.15) is 9.37 Å². The molecule has 4 heterocycles. The second-order valence-corrected chi connectivity index (χ2v) is 6.46. The second kappa shape index (κ2) is 6.43. The van der Waals surface area contributed by atoms with E-state index >= 15 is 0 Å². The number of nitrogens with zero attached hydrogens (tertiary/aromatic N) is 3. The van der Waals surface area contributed by atoms with Crippen LogP contribution in [0.3, 0.4) is 0 Å². The van der Waals surface area contributed by atoms with Crippen LogP contribution in [0.4, 0.5) is 14.6 Å². The first-order valence-electron chi connectivity index (χ1n) is 8.40. The van der Waals surface area contributed by atoms with E-state index in [1.54, 1.807) is 16.7 Å². The lowest BCUT2D eigenvalue weighted by atomic mass is 9.87. The smallest absolute Gasteiger partial charge is 0.224 e. The number of anilines is 1. The van der Waals surface area contributed by atoms with Crippen molar-refractivity contribution in [2.45, 2.75) is 18.4 Å². The fourth-order valence-corrected chi connectivity index (χ4v) is 3.36. The maximum atomic E-state index is 14.3. The van der Waals surface area contributed by atoms with E-state index in [9.17, 15) is 13.9 Å². The topological polar surface area (TPSA) is 94.9 Å². The number of hydrogen-bond donors (Lipinski definition) is 2. The standard InChI is InChI=1S/C18H18F2N4O3/c1-26-14-7-15-22-8-13(10-6-12(19)17(21)23-16(10)20)24(15)9-11(14)18(25)2-4-27-5-3-18/h6-9,25H,2-5H2,1H3,(H2,21,23). The number of pyridine rings is 2. The summed E-state index contributed by atoms with van der Waals surface area (Å²) in [6, 6.07) is 2.62. The van der Waals surface area contributed by atoms with Crippen molar-refractivity contribution in [3.8, 4) is 17.0 Å². The molecular weight excluding hydrogens is 358 g/mol. The average molecular weight is 376 g/mol. The number of hydrogen-bond acceptors (Lipinski definition) is 6. The zero-order chi connectivity index (χ0) is 19.2. The first-order valence-corrected chi connectivity index (χ1v) is 8.40. The molecule has 3 aromatic heterocycles. The van der Waals surface area contributed by atoms with Crippen LogP contribution in [-0.4, -0.2) is 39.8 Å². The van der Waals surface area contributed by atoms with Gasteiger partial charge in [0.05, 0.1) is 30.2 Å². The molecule has 3 N–H and O–H groups in total. The van der Waals surface area contributed by atoms with Gasteiger partial charge in [-0.3, -0.25) is 4.40 Å². The molecule has 0 aliphatic carbocycles. The van der Waals surface area contributed by atoms with Crippen LogP contribution in [0.15, 0.2) is 24.5 Å². The normalized spacial score (nSPS) is 16.6. The van der Waals surface area contributed by atoms with Gasteiger partial charge < -0.3 is 20.3 Å². The number of fused-ring (bicyclic) bond motifs is 1. The Kier molecular flexibility index (Phi) is 4.20. The number of aliphatic hydroxyl groups is 1. The number of rotatable bonds is 3. The molecule has 0 radical (unpaired) electrons. The SMILES string of the molecule is COc1cc2ncc(-c3cc(F)c(N)nc3F)n2cc1C1(O)CCOCC1. The van der Waals surface area contributed by atoms with Crippen LogP contribution in [-0.2, 0) is 10.3 Å². The Hall–Kier alpha value is -2.78. The number of ether oxygens (including phenoxy) is 2. The van der Waals surface area contributed by atoms with Crippen molar-refractivity contribution in [2.24, 2.45) is 0 Å². The molecule has 0 aromatic carbocycles. The number of imidazole rings is 1. The van der Waals surface area contributed by atoms with Crippen molar-refractivity contribution in [3.63, 3.8) is 0 Å². The van der Waals surface area contributed by atoms with Gasteiger partial charge in [-0.25, -0.2) is 9.37 Å². The van der Waals surface area contributed by atoms with Gasteiger partial charge in [0.15, 0.2) is 11.6 Å². The molecule has 0 atom stereocenters. The van der Waals surface area contributed by atoms with Gasteiger partial charge in [0.25, 0.3) is 0 Å². The van der Waals surface area contributed by atoms with Crippen LogP contribution in [0.25, 0.3) is 16.9 Å². The molecule has 0 spiro atoms. The summed E-state index contributed by atoms with van der Waals surface area (Å²) >= 11 is 0. The van der Waals surface area contributed by atoms with Gasteiger partial charge in [-0.1, -0.05) is 0 Å². The number of nitrogens with two attached hydrogens (primary N) is 1. The zero-order valence-corrected chi connectivity index (χ0v) is 14.6. The minimum absolute atomic E-state index is 0.0794. The highest BCUT2D eigenvalue weighted by Gasteiger charge is 2.35. The summed E-state index contributed by atoms with van der Waals surface area (Å²) in [6.45, 7) is 0.826. The molecule has 0 bridgehead atoms. The van der Waals surface area contributed by atoms with E-state index in [0.29, 0.717) is 43.0 Å². The molecule has 1 saturated heterocycles. The quantitative estimate of drug-likeness (QED) is 0.681. The van der Waals surface area contributed by atoms with E-state index in [4.69, 9.17) is 15.2 Å². The van der Waals surface area contributed by atoms with E-state index in [1.807, 2.05) is 0 Å². The molecule has 3 aromatic rings. The Balaban J connectivity index is 1.92. The molecule has 7 nitrogen and oxygen atoms in total. The van der Waals surface area contributed by atoms with Crippen LogP contribution in [0.5, 0.6) is 5.75 Å². The molecule has 9 heteroatoms. The molecule has 1 fully saturated rings. The van der Waals surface area contributed by atoms with Gasteiger partial charge in [-0.15, -0.1) is 0 Å². The van der Waals surface area contributed by atoms with Gasteiger partial charge in [0.1, 0.15) is 11.4 Å². The summed E-state index contributed by atoms with van der Waals surface area (Å²) in [5.74, 6) is -1.77. The lowest BCUT2D eigenvalue weighted by Gasteiger charge is -2.33. The van der Waals surface area contributed by atoms with Crippen LogP contribution in [0.2, 0.25) is 0 Å². The molecule has 0 saturated carbocycles. The van der Waals surface area contributed by atoms with Crippen molar-refractivity contribution in [2.75, 3.05) is 26.1 Å². The van der Waals surface area contributed by atoms with Crippen molar-refractivity contribution in [3.05, 3.63) is 41.9 Å². The molecule has 27 heavy (non-hydrogen) atoms. The lowest BCUT2D eigenvalue weighted by Crippen LogP contribution is -2.34. The van der Waals surface area contributed by atoms with Gasteiger partial charge in [0, 0.05) is 43.9 Å². The maximum Gasteiger partial charge on any atom is 0.224 e. The summed E-state index contributed by atoms with van der Waals surface area (Å²) in [5, 5.41) is 11.1. The van der Waals surface area contributed by atoms with E-state index < -0.39 is 23.2 Å². The summed E-state index contributed by atoms with van der Waals surface area (Å²) in [5.41, 5.74) is 5.37. The van der Waals surface area contributed by atoms with Crippen molar-refractivity contribution >= 4 is 11.5 Å². The predicted molar refractivity (Wildman–Crippen MR) is 93.3 cm³/mol. The van der Waals surface area contributed by atoms with E-state index in [0.717, 1.165) is 6.07 Å².